The Bertz CT molecular complexity index is 121. The molecule has 3 fully saturated rings. The van der Waals surface area contributed by atoms with E-state index < -0.39 is 0 Å². The number of piperidine rings is 1. The van der Waals surface area contributed by atoms with Crippen LogP contribution in [0.1, 0.15) is 12.8 Å². The molecule has 2 unspecified atom stereocenters. The van der Waals surface area contributed by atoms with E-state index in [1.54, 1.807) is 7.11 Å². The highest BCUT2D eigenvalue weighted by atomic mass is 16.7. The Morgan fingerprint density at radius 2 is 2.40 bits per heavy atom. The summed E-state index contributed by atoms with van der Waals surface area (Å²) >= 11 is 0. The van der Waals surface area contributed by atoms with Crippen LogP contribution in [0, 0.1) is 0 Å². The molecule has 0 spiro atoms. The molecule has 0 aromatic carbocycles. The van der Waals surface area contributed by atoms with Gasteiger partial charge in [0.1, 0.15) is 0 Å². The molecule has 0 aliphatic carbocycles. The Morgan fingerprint density at radius 1 is 1.50 bits per heavy atom. The minimum atomic E-state index is 0.435. The Hall–Kier alpha value is -0.120. The monoisotopic (exact) mass is 143 g/mol. The second-order valence-electron chi connectivity index (χ2n) is 2.97. The molecule has 3 aliphatic heterocycles. The lowest BCUT2D eigenvalue weighted by Gasteiger charge is -2.43. The predicted molar refractivity (Wildman–Crippen MR) is 36.5 cm³/mol. The van der Waals surface area contributed by atoms with Crippen molar-refractivity contribution in [1.82, 2.24) is 5.06 Å². The number of hydrogen-bond donors (Lipinski definition) is 0. The Kier molecular flexibility index (Phi) is 1.64. The number of hydrogen-bond acceptors (Lipinski definition) is 3. The van der Waals surface area contributed by atoms with Gasteiger partial charge in [-0.2, -0.15) is 5.06 Å². The van der Waals surface area contributed by atoms with Gasteiger partial charge in [0.25, 0.3) is 0 Å². The molecule has 3 heterocycles. The minimum Gasteiger partial charge on any atom is -0.375 e. The van der Waals surface area contributed by atoms with E-state index in [0.29, 0.717) is 12.1 Å². The van der Waals surface area contributed by atoms with Gasteiger partial charge in [-0.3, -0.25) is 0 Å². The minimum absolute atomic E-state index is 0.435. The van der Waals surface area contributed by atoms with E-state index >= 15 is 0 Å². The first kappa shape index (κ1) is 6.58. The summed E-state index contributed by atoms with van der Waals surface area (Å²) in [7, 11) is 1.74. The fourth-order valence-electron chi connectivity index (χ4n) is 1.74. The van der Waals surface area contributed by atoms with Gasteiger partial charge in [0.05, 0.1) is 32.4 Å². The zero-order valence-electron chi connectivity index (χ0n) is 6.25. The van der Waals surface area contributed by atoms with Crippen LogP contribution in [0.25, 0.3) is 0 Å². The quantitative estimate of drug-likeness (QED) is 0.530. The van der Waals surface area contributed by atoms with E-state index in [4.69, 9.17) is 9.57 Å². The first-order valence-electron chi connectivity index (χ1n) is 3.82. The standard InChI is InChI=1S/C7H13NO2/c1-9-8-4-7-3-2-6(8)5-10-7/h6-7H,2-5H2,1H3. The normalized spacial score (nSPS) is 40.5. The summed E-state index contributed by atoms with van der Waals surface area (Å²) in [6, 6.07) is 0.523. The van der Waals surface area contributed by atoms with Crippen LogP contribution in [0.2, 0.25) is 0 Å². The summed E-state index contributed by atoms with van der Waals surface area (Å²) < 4.78 is 5.49. The van der Waals surface area contributed by atoms with Gasteiger partial charge in [-0.15, -0.1) is 0 Å². The second-order valence-corrected chi connectivity index (χ2v) is 2.97. The second kappa shape index (κ2) is 2.49. The summed E-state index contributed by atoms with van der Waals surface area (Å²) in [5, 5.41) is 2.04. The zero-order chi connectivity index (χ0) is 6.97. The number of rotatable bonds is 1. The number of nitrogens with zero attached hydrogens (tertiary/aromatic N) is 1. The third-order valence-corrected chi connectivity index (χ3v) is 2.37. The summed E-state index contributed by atoms with van der Waals surface area (Å²) in [4.78, 5) is 5.18. The molecule has 0 radical (unpaired) electrons. The molecule has 0 saturated carbocycles. The van der Waals surface area contributed by atoms with E-state index in [1.165, 1.54) is 12.8 Å². The molecule has 3 aliphatic rings. The molecule has 3 saturated heterocycles. The topological polar surface area (TPSA) is 21.7 Å². The third kappa shape index (κ3) is 0.944. The van der Waals surface area contributed by atoms with Crippen molar-refractivity contribution in [3.8, 4) is 0 Å². The molecule has 0 amide bonds. The van der Waals surface area contributed by atoms with Crippen molar-refractivity contribution in [2.24, 2.45) is 0 Å². The summed E-state index contributed by atoms with van der Waals surface area (Å²) in [5.41, 5.74) is 0. The molecule has 0 aromatic heterocycles. The van der Waals surface area contributed by atoms with Gasteiger partial charge in [-0.05, 0) is 12.8 Å². The largest absolute Gasteiger partial charge is 0.375 e. The van der Waals surface area contributed by atoms with Gasteiger partial charge >= 0.3 is 0 Å². The van der Waals surface area contributed by atoms with Crippen molar-refractivity contribution in [3.63, 3.8) is 0 Å². The van der Waals surface area contributed by atoms with Gasteiger partial charge in [0.15, 0.2) is 0 Å². The third-order valence-electron chi connectivity index (χ3n) is 2.37. The summed E-state index contributed by atoms with van der Waals surface area (Å²) in [6.07, 6.45) is 2.88. The van der Waals surface area contributed by atoms with E-state index in [0.717, 1.165) is 13.2 Å². The van der Waals surface area contributed by atoms with E-state index in [1.807, 2.05) is 5.06 Å². The average Bonchev–Trinajstić information content (AvgIpc) is 2.06. The van der Waals surface area contributed by atoms with Crippen LogP contribution in [0.3, 0.4) is 0 Å². The molecule has 0 N–H and O–H groups in total. The predicted octanol–water partition coefficient (Wildman–Crippen LogP) is 0.411. The summed E-state index contributed by atoms with van der Waals surface area (Å²) in [6.45, 7) is 1.82. The molecular formula is C7H13NO2. The highest BCUT2D eigenvalue weighted by Gasteiger charge is 2.34. The van der Waals surface area contributed by atoms with Crippen molar-refractivity contribution in [2.45, 2.75) is 25.0 Å². The van der Waals surface area contributed by atoms with Crippen molar-refractivity contribution in [3.05, 3.63) is 0 Å². The van der Waals surface area contributed by atoms with Gasteiger partial charge < -0.3 is 9.57 Å². The van der Waals surface area contributed by atoms with E-state index in [2.05, 4.69) is 0 Å². The fraction of sp³-hybridized carbons (Fsp3) is 1.00. The number of morpholine rings is 1. The molecule has 2 atom stereocenters. The maximum atomic E-state index is 5.49. The lowest BCUT2D eigenvalue weighted by atomic mass is 9.99. The average molecular weight is 143 g/mol. The van der Waals surface area contributed by atoms with E-state index in [9.17, 15) is 0 Å². The van der Waals surface area contributed by atoms with Crippen LogP contribution in [-0.4, -0.2) is 37.5 Å². The molecule has 2 bridgehead atoms. The number of hydroxylamine groups is 2. The fourth-order valence-corrected chi connectivity index (χ4v) is 1.74. The van der Waals surface area contributed by atoms with Crippen LogP contribution < -0.4 is 0 Å². The SMILES string of the molecule is CON1CC2CCC1CO2. The first-order chi connectivity index (χ1) is 4.90. The van der Waals surface area contributed by atoms with Crippen LogP contribution >= 0.6 is 0 Å². The van der Waals surface area contributed by atoms with Crippen LogP contribution in [-0.2, 0) is 9.57 Å². The van der Waals surface area contributed by atoms with Crippen molar-refractivity contribution in [1.29, 1.82) is 0 Å². The molecule has 3 rings (SSSR count). The number of ether oxygens (including phenoxy) is 1. The Balaban J connectivity index is 2.01. The lowest BCUT2D eigenvalue weighted by Crippen LogP contribution is -2.53. The van der Waals surface area contributed by atoms with Crippen molar-refractivity contribution >= 4 is 0 Å². The molecule has 3 nitrogen and oxygen atoms in total. The first-order valence-corrected chi connectivity index (χ1v) is 3.82. The van der Waals surface area contributed by atoms with Crippen LogP contribution in [0.5, 0.6) is 0 Å². The molecular weight excluding hydrogens is 130 g/mol. The van der Waals surface area contributed by atoms with Crippen molar-refractivity contribution < 1.29 is 9.57 Å². The molecule has 0 aromatic rings. The zero-order valence-corrected chi connectivity index (χ0v) is 6.25. The van der Waals surface area contributed by atoms with Crippen LogP contribution in [0.15, 0.2) is 0 Å². The highest BCUT2D eigenvalue weighted by Crippen LogP contribution is 2.25. The van der Waals surface area contributed by atoms with Gasteiger partial charge in [-0.25, -0.2) is 0 Å². The maximum absolute atomic E-state index is 5.49. The molecule has 3 heteroatoms. The smallest absolute Gasteiger partial charge is 0.0726 e. The summed E-state index contributed by atoms with van der Waals surface area (Å²) in [5.74, 6) is 0. The van der Waals surface area contributed by atoms with E-state index in [-0.39, 0.29) is 0 Å². The van der Waals surface area contributed by atoms with Gasteiger partial charge in [0, 0.05) is 0 Å². The van der Waals surface area contributed by atoms with Gasteiger partial charge in [0.2, 0.25) is 0 Å². The van der Waals surface area contributed by atoms with Crippen molar-refractivity contribution in [2.75, 3.05) is 20.3 Å². The maximum Gasteiger partial charge on any atom is 0.0726 e. The highest BCUT2D eigenvalue weighted by molar-refractivity contribution is 4.82. The molecule has 58 valence electrons. The van der Waals surface area contributed by atoms with Crippen LogP contribution in [0.4, 0.5) is 0 Å². The Labute approximate surface area is 60.9 Å². The van der Waals surface area contributed by atoms with Gasteiger partial charge in [-0.1, -0.05) is 0 Å². The number of fused-ring (bicyclic) bond motifs is 3. The Morgan fingerprint density at radius 3 is 2.70 bits per heavy atom. The lowest BCUT2D eigenvalue weighted by molar-refractivity contribution is -0.248. The molecule has 10 heavy (non-hydrogen) atoms.